The van der Waals surface area contributed by atoms with Crippen LogP contribution in [0.3, 0.4) is 0 Å². The Morgan fingerprint density at radius 1 is 1.10 bits per heavy atom. The standard InChI is InChI=1S/C18H26O3/c1-3-4-5-9-14-21-18(20)17(15(2)19)13-12-16-10-7-6-8-11-16/h6-8,10-11,17H,3-5,9,12-14H2,1-2H3. The number of ketones is 1. The van der Waals surface area contributed by atoms with Crippen molar-refractivity contribution in [1.82, 2.24) is 0 Å². The van der Waals surface area contributed by atoms with Crippen LogP contribution < -0.4 is 0 Å². The average Bonchev–Trinajstić information content (AvgIpc) is 2.48. The lowest BCUT2D eigenvalue weighted by Gasteiger charge is -2.13. The molecule has 0 aliphatic heterocycles. The second kappa shape index (κ2) is 10.1. The van der Waals surface area contributed by atoms with Gasteiger partial charge in [0.15, 0.2) is 0 Å². The molecule has 1 atom stereocenters. The molecular formula is C18H26O3. The third kappa shape index (κ3) is 7.07. The van der Waals surface area contributed by atoms with Crippen molar-refractivity contribution in [3.63, 3.8) is 0 Å². The molecule has 0 fully saturated rings. The summed E-state index contributed by atoms with van der Waals surface area (Å²) in [5, 5.41) is 0. The molecule has 0 aliphatic carbocycles. The maximum Gasteiger partial charge on any atom is 0.316 e. The van der Waals surface area contributed by atoms with Crippen LogP contribution in [-0.2, 0) is 20.7 Å². The Bertz CT molecular complexity index is 425. The number of benzene rings is 1. The van der Waals surface area contributed by atoms with E-state index in [1.165, 1.54) is 6.92 Å². The van der Waals surface area contributed by atoms with E-state index < -0.39 is 5.92 Å². The van der Waals surface area contributed by atoms with Gasteiger partial charge in [-0.2, -0.15) is 0 Å². The van der Waals surface area contributed by atoms with E-state index in [-0.39, 0.29) is 11.8 Å². The summed E-state index contributed by atoms with van der Waals surface area (Å²) in [5.74, 6) is -1.10. The molecule has 1 aromatic carbocycles. The fourth-order valence-electron chi connectivity index (χ4n) is 2.24. The van der Waals surface area contributed by atoms with E-state index in [1.54, 1.807) is 0 Å². The van der Waals surface area contributed by atoms with Gasteiger partial charge in [-0.1, -0.05) is 56.5 Å². The molecule has 3 nitrogen and oxygen atoms in total. The molecule has 0 heterocycles. The van der Waals surface area contributed by atoms with Gasteiger partial charge in [-0.25, -0.2) is 0 Å². The number of rotatable bonds is 10. The molecule has 0 bridgehead atoms. The van der Waals surface area contributed by atoms with Gasteiger partial charge in [0.1, 0.15) is 11.7 Å². The minimum atomic E-state index is -0.628. The number of Topliss-reactive ketones (excluding diaryl/α,β-unsaturated/α-hetero) is 1. The fourth-order valence-corrected chi connectivity index (χ4v) is 2.24. The zero-order valence-electron chi connectivity index (χ0n) is 13.1. The van der Waals surface area contributed by atoms with Crippen LogP contribution in [0, 0.1) is 5.92 Å². The first-order valence-electron chi connectivity index (χ1n) is 7.86. The molecule has 1 aromatic rings. The molecule has 116 valence electrons. The van der Waals surface area contributed by atoms with Crippen LogP contribution >= 0.6 is 0 Å². The number of unbranched alkanes of at least 4 members (excludes halogenated alkanes) is 3. The maximum absolute atomic E-state index is 12.0. The van der Waals surface area contributed by atoms with E-state index in [0.29, 0.717) is 13.0 Å². The van der Waals surface area contributed by atoms with Crippen molar-refractivity contribution in [2.45, 2.75) is 52.4 Å². The van der Waals surface area contributed by atoms with Crippen LogP contribution in [-0.4, -0.2) is 18.4 Å². The quantitative estimate of drug-likeness (QED) is 0.372. The van der Waals surface area contributed by atoms with E-state index in [0.717, 1.165) is 37.7 Å². The predicted molar refractivity (Wildman–Crippen MR) is 84.0 cm³/mol. The summed E-state index contributed by atoms with van der Waals surface area (Å²) in [5.41, 5.74) is 1.14. The minimum Gasteiger partial charge on any atom is -0.465 e. The van der Waals surface area contributed by atoms with Gasteiger partial charge in [-0.05, 0) is 31.7 Å². The highest BCUT2D eigenvalue weighted by Gasteiger charge is 2.24. The smallest absolute Gasteiger partial charge is 0.316 e. The fraction of sp³-hybridized carbons (Fsp3) is 0.556. The first-order valence-corrected chi connectivity index (χ1v) is 7.86. The van der Waals surface area contributed by atoms with Crippen LogP contribution in [0.4, 0.5) is 0 Å². The molecule has 0 N–H and O–H groups in total. The predicted octanol–water partition coefficient (Wildman–Crippen LogP) is 3.95. The number of aryl methyl sites for hydroxylation is 1. The van der Waals surface area contributed by atoms with Gasteiger partial charge >= 0.3 is 5.97 Å². The lowest BCUT2D eigenvalue weighted by molar-refractivity contribution is -0.151. The third-order valence-corrected chi connectivity index (χ3v) is 3.58. The second-order valence-corrected chi connectivity index (χ2v) is 5.42. The number of carbonyl (C=O) groups excluding carboxylic acids is 2. The van der Waals surface area contributed by atoms with Gasteiger partial charge in [-0.3, -0.25) is 9.59 Å². The van der Waals surface area contributed by atoms with Crippen LogP contribution in [0.2, 0.25) is 0 Å². The highest BCUT2D eigenvalue weighted by atomic mass is 16.5. The molecule has 0 spiro atoms. The van der Waals surface area contributed by atoms with Crippen molar-refractivity contribution in [3.05, 3.63) is 35.9 Å². The Hall–Kier alpha value is -1.64. The lowest BCUT2D eigenvalue weighted by atomic mass is 9.96. The zero-order chi connectivity index (χ0) is 15.5. The molecule has 0 aromatic heterocycles. The van der Waals surface area contributed by atoms with Gasteiger partial charge in [0, 0.05) is 0 Å². The Kier molecular flexibility index (Phi) is 8.41. The molecule has 0 amide bonds. The van der Waals surface area contributed by atoms with Gasteiger partial charge in [0.25, 0.3) is 0 Å². The Morgan fingerprint density at radius 2 is 1.81 bits per heavy atom. The molecule has 21 heavy (non-hydrogen) atoms. The largest absolute Gasteiger partial charge is 0.465 e. The third-order valence-electron chi connectivity index (χ3n) is 3.58. The van der Waals surface area contributed by atoms with E-state index in [9.17, 15) is 9.59 Å². The average molecular weight is 290 g/mol. The summed E-state index contributed by atoms with van der Waals surface area (Å²) in [6.45, 7) is 4.03. The van der Waals surface area contributed by atoms with Crippen molar-refractivity contribution in [3.8, 4) is 0 Å². The van der Waals surface area contributed by atoms with Gasteiger partial charge in [0.2, 0.25) is 0 Å². The Labute approximate surface area is 127 Å². The SMILES string of the molecule is CCCCCCOC(=O)C(CCc1ccccc1)C(C)=O. The van der Waals surface area contributed by atoms with Crippen LogP contribution in [0.25, 0.3) is 0 Å². The summed E-state index contributed by atoms with van der Waals surface area (Å²) < 4.78 is 5.24. The van der Waals surface area contributed by atoms with Crippen LogP contribution in [0.5, 0.6) is 0 Å². The highest BCUT2D eigenvalue weighted by molar-refractivity contribution is 5.97. The van der Waals surface area contributed by atoms with Crippen molar-refractivity contribution >= 4 is 11.8 Å². The van der Waals surface area contributed by atoms with Crippen molar-refractivity contribution in [1.29, 1.82) is 0 Å². The summed E-state index contributed by atoms with van der Waals surface area (Å²) in [4.78, 5) is 23.6. The zero-order valence-corrected chi connectivity index (χ0v) is 13.1. The van der Waals surface area contributed by atoms with Gasteiger partial charge in [0.05, 0.1) is 6.61 Å². The first-order chi connectivity index (χ1) is 10.1. The molecule has 3 heteroatoms. The molecule has 0 aliphatic rings. The lowest BCUT2D eigenvalue weighted by Crippen LogP contribution is -2.25. The topological polar surface area (TPSA) is 43.4 Å². The molecule has 0 saturated carbocycles. The molecule has 0 radical (unpaired) electrons. The van der Waals surface area contributed by atoms with Crippen molar-refractivity contribution in [2.75, 3.05) is 6.61 Å². The monoisotopic (exact) mass is 290 g/mol. The number of carbonyl (C=O) groups is 2. The van der Waals surface area contributed by atoms with Crippen molar-refractivity contribution in [2.24, 2.45) is 5.92 Å². The van der Waals surface area contributed by atoms with E-state index in [1.807, 2.05) is 30.3 Å². The molecular weight excluding hydrogens is 264 g/mol. The normalized spacial score (nSPS) is 11.9. The van der Waals surface area contributed by atoms with Crippen LogP contribution in [0.15, 0.2) is 30.3 Å². The van der Waals surface area contributed by atoms with E-state index in [2.05, 4.69) is 6.92 Å². The number of ether oxygens (including phenoxy) is 1. The number of hydrogen-bond donors (Lipinski definition) is 0. The summed E-state index contributed by atoms with van der Waals surface area (Å²) in [6, 6.07) is 9.89. The Balaban J connectivity index is 2.38. The van der Waals surface area contributed by atoms with Gasteiger partial charge < -0.3 is 4.74 Å². The highest BCUT2D eigenvalue weighted by Crippen LogP contribution is 2.13. The van der Waals surface area contributed by atoms with Crippen LogP contribution in [0.1, 0.15) is 51.5 Å². The maximum atomic E-state index is 12.0. The van der Waals surface area contributed by atoms with Gasteiger partial charge in [-0.15, -0.1) is 0 Å². The number of hydrogen-bond acceptors (Lipinski definition) is 3. The van der Waals surface area contributed by atoms with E-state index in [4.69, 9.17) is 4.74 Å². The summed E-state index contributed by atoms with van der Waals surface area (Å²) >= 11 is 0. The van der Waals surface area contributed by atoms with Crippen molar-refractivity contribution < 1.29 is 14.3 Å². The second-order valence-electron chi connectivity index (χ2n) is 5.42. The number of esters is 1. The first kappa shape index (κ1) is 17.4. The summed E-state index contributed by atoms with van der Waals surface area (Å²) in [6.07, 6.45) is 5.49. The van der Waals surface area contributed by atoms with E-state index >= 15 is 0 Å². The minimum absolute atomic E-state index is 0.107. The Morgan fingerprint density at radius 3 is 2.43 bits per heavy atom. The molecule has 1 rings (SSSR count). The molecule has 0 saturated heterocycles. The molecule has 1 unspecified atom stereocenters. The summed E-state index contributed by atoms with van der Waals surface area (Å²) in [7, 11) is 0.